The molecule has 2 aromatic heterocycles. The number of carboxylic acid groups (broad SMARTS) is 1. The highest BCUT2D eigenvalue weighted by Gasteiger charge is 2.30. The number of hydrogen-bond donors (Lipinski definition) is 1. The minimum atomic E-state index is -1.06. The van der Waals surface area contributed by atoms with Crippen LogP contribution < -0.4 is 0 Å². The van der Waals surface area contributed by atoms with Crippen LogP contribution >= 0.6 is 11.3 Å². The van der Waals surface area contributed by atoms with E-state index in [0.717, 1.165) is 17.7 Å². The van der Waals surface area contributed by atoms with Gasteiger partial charge in [0.15, 0.2) is 0 Å². The monoisotopic (exact) mass is 262 g/mol. The Bertz CT molecular complexity index is 597. The molecular formula is C12H10N2O3S. The molecule has 0 amide bonds. The van der Waals surface area contributed by atoms with Crippen molar-refractivity contribution in [2.75, 3.05) is 0 Å². The molecule has 1 aliphatic carbocycles. The molecule has 2 aromatic rings. The lowest BCUT2D eigenvalue weighted by Crippen LogP contribution is -1.99. The number of carboxylic acids is 1. The number of aromatic nitrogens is 2. The van der Waals surface area contributed by atoms with Crippen LogP contribution in [0.2, 0.25) is 0 Å². The lowest BCUT2D eigenvalue weighted by molar-refractivity contribution is -0.130. The molecule has 0 aliphatic heterocycles. The average molecular weight is 262 g/mol. The first-order valence-electron chi connectivity index (χ1n) is 5.56. The van der Waals surface area contributed by atoms with Gasteiger partial charge in [-0.05, 0) is 30.4 Å². The minimum Gasteiger partial charge on any atom is -0.477 e. The molecule has 1 aliphatic rings. The van der Waals surface area contributed by atoms with E-state index in [2.05, 4.69) is 10.2 Å². The van der Waals surface area contributed by atoms with Crippen molar-refractivity contribution in [2.45, 2.75) is 18.8 Å². The van der Waals surface area contributed by atoms with Gasteiger partial charge in [-0.1, -0.05) is 6.07 Å². The summed E-state index contributed by atoms with van der Waals surface area (Å²) in [6.45, 7) is 0. The molecule has 6 heteroatoms. The van der Waals surface area contributed by atoms with Gasteiger partial charge in [0.05, 0.1) is 0 Å². The molecule has 0 bridgehead atoms. The van der Waals surface area contributed by atoms with Crippen LogP contribution in [0.15, 0.2) is 21.9 Å². The van der Waals surface area contributed by atoms with Crippen LogP contribution in [0.4, 0.5) is 0 Å². The quantitative estimate of drug-likeness (QED) is 0.857. The van der Waals surface area contributed by atoms with Crippen LogP contribution in [0, 0.1) is 0 Å². The van der Waals surface area contributed by atoms with E-state index in [9.17, 15) is 9.90 Å². The van der Waals surface area contributed by atoms with E-state index >= 15 is 0 Å². The zero-order valence-electron chi connectivity index (χ0n) is 9.37. The van der Waals surface area contributed by atoms with Gasteiger partial charge in [0.25, 0.3) is 5.89 Å². The predicted molar refractivity (Wildman–Crippen MR) is 66.1 cm³/mol. The Hall–Kier alpha value is -1.95. The molecule has 92 valence electrons. The van der Waals surface area contributed by atoms with E-state index in [0.29, 0.717) is 11.8 Å². The van der Waals surface area contributed by atoms with E-state index in [1.807, 2.05) is 17.5 Å². The third-order valence-electron chi connectivity index (χ3n) is 2.66. The van der Waals surface area contributed by atoms with E-state index in [-0.39, 0.29) is 11.5 Å². The van der Waals surface area contributed by atoms with Crippen molar-refractivity contribution in [3.8, 4) is 0 Å². The first-order valence-corrected chi connectivity index (χ1v) is 6.44. The van der Waals surface area contributed by atoms with E-state index in [1.165, 1.54) is 11.3 Å². The van der Waals surface area contributed by atoms with Gasteiger partial charge in [-0.2, -0.15) is 0 Å². The van der Waals surface area contributed by atoms with E-state index in [4.69, 9.17) is 4.42 Å². The molecule has 0 atom stereocenters. The molecule has 0 saturated heterocycles. The molecule has 1 fully saturated rings. The standard InChI is InChI=1S/C12H10N2O3S/c15-12(16)9(6-8-2-1-5-18-8)11-14-13-10(17-11)7-3-4-7/h1-2,5-7H,3-4H2,(H,15,16)/b9-6-. The molecule has 2 heterocycles. The summed E-state index contributed by atoms with van der Waals surface area (Å²) in [6.07, 6.45) is 3.63. The molecule has 0 aromatic carbocycles. The third-order valence-corrected chi connectivity index (χ3v) is 3.48. The molecule has 3 rings (SSSR count). The Labute approximate surface area is 107 Å². The van der Waals surface area contributed by atoms with Crippen molar-refractivity contribution >= 4 is 29.0 Å². The highest BCUT2D eigenvalue weighted by atomic mass is 32.1. The highest BCUT2D eigenvalue weighted by Crippen LogP contribution is 2.39. The molecule has 1 N–H and O–H groups in total. The maximum atomic E-state index is 11.2. The lowest BCUT2D eigenvalue weighted by Gasteiger charge is -1.95. The number of carbonyl (C=O) groups is 1. The Morgan fingerprint density at radius 2 is 2.33 bits per heavy atom. The number of thiophene rings is 1. The second-order valence-corrected chi connectivity index (χ2v) is 5.08. The number of rotatable bonds is 4. The fourth-order valence-corrected chi connectivity index (χ4v) is 2.23. The fraction of sp³-hybridized carbons (Fsp3) is 0.250. The van der Waals surface area contributed by atoms with Gasteiger partial charge in [0.2, 0.25) is 5.89 Å². The van der Waals surface area contributed by atoms with Gasteiger partial charge < -0.3 is 9.52 Å². The Kier molecular flexibility index (Phi) is 2.71. The van der Waals surface area contributed by atoms with Crippen molar-refractivity contribution in [2.24, 2.45) is 0 Å². The Morgan fingerprint density at radius 3 is 2.94 bits per heavy atom. The molecule has 0 radical (unpaired) electrons. The van der Waals surface area contributed by atoms with Crippen molar-refractivity contribution in [1.29, 1.82) is 0 Å². The van der Waals surface area contributed by atoms with Crippen LogP contribution in [-0.4, -0.2) is 21.3 Å². The van der Waals surface area contributed by atoms with Crippen molar-refractivity contribution in [3.05, 3.63) is 34.2 Å². The average Bonchev–Trinajstić information content (AvgIpc) is 2.89. The lowest BCUT2D eigenvalue weighted by atomic mass is 10.2. The van der Waals surface area contributed by atoms with E-state index in [1.54, 1.807) is 6.08 Å². The van der Waals surface area contributed by atoms with Crippen LogP contribution in [0.5, 0.6) is 0 Å². The molecule has 0 spiro atoms. The highest BCUT2D eigenvalue weighted by molar-refractivity contribution is 7.10. The Morgan fingerprint density at radius 1 is 1.50 bits per heavy atom. The van der Waals surface area contributed by atoms with Gasteiger partial charge in [-0.15, -0.1) is 21.5 Å². The van der Waals surface area contributed by atoms with Crippen molar-refractivity contribution in [3.63, 3.8) is 0 Å². The van der Waals surface area contributed by atoms with Gasteiger partial charge in [0, 0.05) is 10.8 Å². The normalized spacial score (nSPS) is 15.9. The van der Waals surface area contributed by atoms with Crippen molar-refractivity contribution in [1.82, 2.24) is 10.2 Å². The van der Waals surface area contributed by atoms with Crippen LogP contribution in [0.3, 0.4) is 0 Å². The van der Waals surface area contributed by atoms with Crippen LogP contribution in [-0.2, 0) is 4.79 Å². The summed E-state index contributed by atoms with van der Waals surface area (Å²) >= 11 is 1.46. The maximum Gasteiger partial charge on any atom is 0.341 e. The maximum absolute atomic E-state index is 11.2. The summed E-state index contributed by atoms with van der Waals surface area (Å²) in [7, 11) is 0. The van der Waals surface area contributed by atoms with E-state index < -0.39 is 5.97 Å². The molecule has 0 unspecified atom stereocenters. The zero-order chi connectivity index (χ0) is 12.5. The molecular weight excluding hydrogens is 252 g/mol. The smallest absolute Gasteiger partial charge is 0.341 e. The van der Waals surface area contributed by atoms with Crippen molar-refractivity contribution < 1.29 is 14.3 Å². The van der Waals surface area contributed by atoms with Gasteiger partial charge in [0.1, 0.15) is 5.57 Å². The first-order chi connectivity index (χ1) is 8.74. The number of nitrogens with zero attached hydrogens (tertiary/aromatic N) is 2. The largest absolute Gasteiger partial charge is 0.477 e. The molecule has 18 heavy (non-hydrogen) atoms. The second kappa shape index (κ2) is 4.38. The summed E-state index contributed by atoms with van der Waals surface area (Å²) < 4.78 is 5.41. The topological polar surface area (TPSA) is 76.2 Å². The van der Waals surface area contributed by atoms with Crippen LogP contribution in [0.25, 0.3) is 11.6 Å². The summed E-state index contributed by atoms with van der Waals surface area (Å²) in [5, 5.41) is 18.8. The molecule has 5 nitrogen and oxygen atoms in total. The van der Waals surface area contributed by atoms with Gasteiger partial charge in [-0.25, -0.2) is 4.79 Å². The summed E-state index contributed by atoms with van der Waals surface area (Å²) in [4.78, 5) is 12.1. The zero-order valence-corrected chi connectivity index (χ0v) is 10.2. The Balaban J connectivity index is 1.95. The van der Waals surface area contributed by atoms with Gasteiger partial charge >= 0.3 is 5.97 Å². The number of hydrogen-bond acceptors (Lipinski definition) is 5. The fourth-order valence-electron chi connectivity index (χ4n) is 1.57. The third kappa shape index (κ3) is 2.19. The summed E-state index contributed by atoms with van der Waals surface area (Å²) in [5.74, 6) is -0.112. The summed E-state index contributed by atoms with van der Waals surface area (Å²) in [5.41, 5.74) is 0.0388. The number of aliphatic carboxylic acids is 1. The molecule has 1 saturated carbocycles. The van der Waals surface area contributed by atoms with Crippen LogP contribution in [0.1, 0.15) is 35.4 Å². The second-order valence-electron chi connectivity index (χ2n) is 4.10. The van der Waals surface area contributed by atoms with Gasteiger partial charge in [-0.3, -0.25) is 0 Å². The summed E-state index contributed by atoms with van der Waals surface area (Å²) in [6, 6.07) is 3.70. The minimum absolute atomic E-state index is 0.0388. The predicted octanol–water partition coefficient (Wildman–Crippen LogP) is 2.63. The first kappa shape index (κ1) is 11.2. The SMILES string of the molecule is O=C(O)/C(=C\c1cccs1)c1nnc(C2CC2)o1.